The van der Waals surface area contributed by atoms with Crippen LogP contribution >= 0.6 is 34.4 Å². The van der Waals surface area contributed by atoms with Crippen molar-refractivity contribution in [2.24, 2.45) is 0 Å². The molecule has 0 aliphatic heterocycles. The summed E-state index contributed by atoms with van der Waals surface area (Å²) in [4.78, 5) is 30.2. The number of amides is 2. The Balaban J connectivity index is 1.32. The van der Waals surface area contributed by atoms with E-state index in [-0.39, 0.29) is 24.1 Å². The number of fused-ring (bicyclic) bond motifs is 1. The Hall–Kier alpha value is -3.74. The first-order chi connectivity index (χ1) is 18.1. The van der Waals surface area contributed by atoms with Crippen LogP contribution in [0.5, 0.6) is 5.75 Å². The summed E-state index contributed by atoms with van der Waals surface area (Å²) in [6.07, 6.45) is 0. The van der Waals surface area contributed by atoms with Gasteiger partial charge in [0.2, 0.25) is 5.91 Å². The minimum atomic E-state index is -0.196. The highest BCUT2D eigenvalue weighted by Crippen LogP contribution is 2.27. The van der Waals surface area contributed by atoms with Gasteiger partial charge in [-0.2, -0.15) is 0 Å². The molecule has 5 rings (SSSR count). The van der Waals surface area contributed by atoms with E-state index in [4.69, 9.17) is 4.74 Å². The fourth-order valence-electron chi connectivity index (χ4n) is 3.49. The maximum Gasteiger partial charge on any atom is 0.261 e. The third kappa shape index (κ3) is 5.98. The zero-order valence-electron chi connectivity index (χ0n) is 19.7. The van der Waals surface area contributed by atoms with Crippen molar-refractivity contribution >= 4 is 61.6 Å². The molecule has 0 aliphatic carbocycles. The topological polar surface area (TPSA) is 111 Å². The third-order valence-corrected chi connectivity index (χ3v) is 7.88. The Morgan fingerprint density at radius 2 is 1.89 bits per heavy atom. The second kappa shape index (κ2) is 11.5. The van der Waals surface area contributed by atoms with Crippen molar-refractivity contribution < 1.29 is 14.3 Å². The second-order valence-electron chi connectivity index (χ2n) is 7.64. The molecule has 2 amide bonds. The van der Waals surface area contributed by atoms with Crippen LogP contribution in [-0.2, 0) is 11.3 Å². The van der Waals surface area contributed by atoms with Gasteiger partial charge >= 0.3 is 0 Å². The molecule has 0 radical (unpaired) electrons. The number of anilines is 1. The van der Waals surface area contributed by atoms with Gasteiger partial charge in [-0.1, -0.05) is 41.3 Å². The van der Waals surface area contributed by atoms with Gasteiger partial charge in [0.15, 0.2) is 16.1 Å². The number of benzene rings is 2. The first-order valence-electron chi connectivity index (χ1n) is 11.4. The van der Waals surface area contributed by atoms with E-state index in [0.717, 1.165) is 21.7 Å². The van der Waals surface area contributed by atoms with E-state index in [1.165, 1.54) is 34.4 Å². The van der Waals surface area contributed by atoms with Gasteiger partial charge in [-0.25, -0.2) is 4.98 Å². The summed E-state index contributed by atoms with van der Waals surface area (Å²) in [6.45, 7) is 2.67. The molecule has 3 heterocycles. The molecule has 0 saturated carbocycles. The van der Waals surface area contributed by atoms with Crippen molar-refractivity contribution in [3.05, 3.63) is 76.7 Å². The largest absolute Gasteiger partial charge is 0.494 e. The summed E-state index contributed by atoms with van der Waals surface area (Å²) in [5, 5.41) is 17.3. The summed E-state index contributed by atoms with van der Waals surface area (Å²) in [7, 11) is 0. The lowest BCUT2D eigenvalue weighted by Crippen LogP contribution is -2.24. The number of hydrogen-bond donors (Lipinski definition) is 2. The molecule has 0 saturated heterocycles. The number of carbonyl (C=O) groups excluding carboxylic acids is 2. The van der Waals surface area contributed by atoms with E-state index in [9.17, 15) is 9.59 Å². The van der Waals surface area contributed by atoms with Crippen LogP contribution in [0.4, 0.5) is 5.13 Å². The van der Waals surface area contributed by atoms with Gasteiger partial charge in [0.05, 0.1) is 34.0 Å². The highest BCUT2D eigenvalue weighted by molar-refractivity contribution is 7.99. The number of nitrogens with one attached hydrogen (secondary N) is 2. The monoisotopic (exact) mass is 550 g/mol. The highest BCUT2D eigenvalue weighted by Gasteiger charge is 2.18. The Kier molecular flexibility index (Phi) is 7.78. The molecule has 188 valence electrons. The molecular weight excluding hydrogens is 529 g/mol. The highest BCUT2D eigenvalue weighted by atomic mass is 32.2. The van der Waals surface area contributed by atoms with Crippen LogP contribution in [0.2, 0.25) is 0 Å². The van der Waals surface area contributed by atoms with Gasteiger partial charge in [0, 0.05) is 5.69 Å². The van der Waals surface area contributed by atoms with Crippen molar-refractivity contribution in [3.63, 3.8) is 0 Å². The van der Waals surface area contributed by atoms with Gasteiger partial charge in [-0.05, 0) is 54.8 Å². The molecule has 0 spiro atoms. The van der Waals surface area contributed by atoms with E-state index < -0.39 is 0 Å². The van der Waals surface area contributed by atoms with Crippen molar-refractivity contribution in [3.8, 4) is 11.4 Å². The van der Waals surface area contributed by atoms with Crippen LogP contribution in [0.1, 0.15) is 22.4 Å². The van der Waals surface area contributed by atoms with Crippen molar-refractivity contribution in [2.45, 2.75) is 18.6 Å². The molecule has 2 aromatic carbocycles. The van der Waals surface area contributed by atoms with Crippen LogP contribution in [0.25, 0.3) is 15.9 Å². The lowest BCUT2D eigenvalue weighted by atomic mass is 10.3. The number of thiazole rings is 1. The summed E-state index contributed by atoms with van der Waals surface area (Å²) < 4.78 is 8.40. The van der Waals surface area contributed by atoms with Crippen molar-refractivity contribution in [1.82, 2.24) is 25.1 Å². The van der Waals surface area contributed by atoms with Gasteiger partial charge in [-0.3, -0.25) is 14.2 Å². The number of aromatic nitrogens is 4. The van der Waals surface area contributed by atoms with E-state index in [0.29, 0.717) is 27.6 Å². The second-order valence-corrected chi connectivity index (χ2v) is 10.6. The van der Waals surface area contributed by atoms with Crippen LogP contribution in [0.3, 0.4) is 0 Å². The number of para-hydroxylation sites is 1. The molecule has 0 unspecified atom stereocenters. The number of thioether (sulfide) groups is 1. The number of rotatable bonds is 10. The molecule has 0 aliphatic rings. The fraction of sp³-hybridized carbons (Fsp3) is 0.160. The summed E-state index contributed by atoms with van der Waals surface area (Å²) >= 11 is 4.05. The van der Waals surface area contributed by atoms with Crippen molar-refractivity contribution in [2.75, 3.05) is 17.7 Å². The molecule has 3 aromatic heterocycles. The molecule has 0 bridgehead atoms. The molecule has 0 fully saturated rings. The normalized spacial score (nSPS) is 10.9. The van der Waals surface area contributed by atoms with Crippen LogP contribution in [0, 0.1) is 0 Å². The van der Waals surface area contributed by atoms with Gasteiger partial charge in [0.1, 0.15) is 5.75 Å². The standard InChI is InChI=1S/C25H22N6O3S3/c1-2-34-17-11-9-16(10-12-17)31-21(14-26-23(33)20-8-5-13-35-20)29-30-25(31)36-15-22(32)28-24-27-18-6-3-4-7-19(18)37-24/h3-13H,2,14-15H2,1H3,(H,26,33)(H,27,28,32). The van der Waals surface area contributed by atoms with Crippen LogP contribution < -0.4 is 15.4 Å². The Bertz CT molecular complexity index is 1480. The average Bonchev–Trinajstić information content (AvgIpc) is 3.66. The lowest BCUT2D eigenvalue weighted by Gasteiger charge is -2.12. The number of carbonyl (C=O) groups is 2. The Morgan fingerprint density at radius 3 is 2.65 bits per heavy atom. The first-order valence-corrected chi connectivity index (χ1v) is 14.1. The summed E-state index contributed by atoms with van der Waals surface area (Å²) in [5.41, 5.74) is 1.64. The first kappa shape index (κ1) is 24.9. The molecular formula is C25H22N6O3S3. The Labute approximate surface area is 224 Å². The number of thiophene rings is 1. The predicted octanol–water partition coefficient (Wildman–Crippen LogP) is 5.00. The SMILES string of the molecule is CCOc1ccc(-n2c(CNC(=O)c3cccs3)nnc2SCC(=O)Nc2nc3ccccc3s2)cc1. The van der Waals surface area contributed by atoms with Gasteiger partial charge in [0.25, 0.3) is 5.91 Å². The van der Waals surface area contributed by atoms with Crippen LogP contribution in [-0.4, -0.2) is 43.9 Å². The molecule has 0 atom stereocenters. The number of ether oxygens (including phenoxy) is 1. The molecule has 2 N–H and O–H groups in total. The zero-order valence-corrected chi connectivity index (χ0v) is 22.2. The van der Waals surface area contributed by atoms with E-state index >= 15 is 0 Å². The van der Waals surface area contributed by atoms with E-state index in [1.807, 2.05) is 71.5 Å². The lowest BCUT2D eigenvalue weighted by molar-refractivity contribution is -0.113. The predicted molar refractivity (Wildman–Crippen MR) is 147 cm³/mol. The molecule has 12 heteroatoms. The van der Waals surface area contributed by atoms with Crippen LogP contribution in [0.15, 0.2) is 71.2 Å². The molecule has 37 heavy (non-hydrogen) atoms. The average molecular weight is 551 g/mol. The van der Waals surface area contributed by atoms with Gasteiger partial charge < -0.3 is 15.4 Å². The van der Waals surface area contributed by atoms with Gasteiger partial charge in [-0.15, -0.1) is 21.5 Å². The maximum atomic E-state index is 12.7. The quantitative estimate of drug-likeness (QED) is 0.236. The summed E-state index contributed by atoms with van der Waals surface area (Å²) in [5.74, 6) is 1.03. The number of nitrogens with zero attached hydrogens (tertiary/aromatic N) is 4. The maximum absolute atomic E-state index is 12.7. The fourth-order valence-corrected chi connectivity index (χ4v) is 5.78. The number of hydrogen-bond acceptors (Lipinski definition) is 9. The van der Waals surface area contributed by atoms with E-state index in [2.05, 4.69) is 25.8 Å². The molecule has 9 nitrogen and oxygen atoms in total. The smallest absolute Gasteiger partial charge is 0.261 e. The summed E-state index contributed by atoms with van der Waals surface area (Å²) in [6, 6.07) is 18.8. The Morgan fingerprint density at radius 1 is 1.05 bits per heavy atom. The minimum absolute atomic E-state index is 0.118. The molecule has 5 aromatic rings. The zero-order chi connectivity index (χ0) is 25.6. The van der Waals surface area contributed by atoms with E-state index in [1.54, 1.807) is 6.07 Å². The van der Waals surface area contributed by atoms with Crippen molar-refractivity contribution in [1.29, 1.82) is 0 Å². The minimum Gasteiger partial charge on any atom is -0.494 e. The third-order valence-electron chi connectivity index (χ3n) is 5.13.